The Labute approximate surface area is 127 Å². The van der Waals surface area contributed by atoms with E-state index in [1.54, 1.807) is 13.4 Å². The molecule has 1 heterocycles. The Morgan fingerprint density at radius 2 is 1.90 bits per heavy atom. The third kappa shape index (κ3) is 2.58. The lowest BCUT2D eigenvalue weighted by atomic mass is 10.1. The molecule has 4 nitrogen and oxygen atoms in total. The fourth-order valence-electron chi connectivity index (χ4n) is 2.18. The first-order valence-corrected chi connectivity index (χ1v) is 6.79. The Morgan fingerprint density at radius 3 is 2.62 bits per heavy atom. The van der Waals surface area contributed by atoms with Gasteiger partial charge in [0.05, 0.1) is 36.7 Å². The van der Waals surface area contributed by atoms with E-state index in [1.807, 2.05) is 53.2 Å². The van der Waals surface area contributed by atoms with Gasteiger partial charge in [-0.2, -0.15) is 0 Å². The van der Waals surface area contributed by atoms with Crippen molar-refractivity contribution >= 4 is 17.3 Å². The van der Waals surface area contributed by atoms with Crippen LogP contribution in [0.1, 0.15) is 0 Å². The van der Waals surface area contributed by atoms with Crippen LogP contribution >= 0.6 is 11.6 Å². The lowest BCUT2D eigenvalue weighted by Gasteiger charge is -2.11. The first kappa shape index (κ1) is 13.5. The van der Waals surface area contributed by atoms with Crippen LogP contribution in [0.15, 0.2) is 55.0 Å². The number of ether oxygens (including phenoxy) is 1. The van der Waals surface area contributed by atoms with Crippen molar-refractivity contribution in [2.75, 3.05) is 12.8 Å². The molecular formula is C16H14ClN3O. The number of halogens is 1. The van der Waals surface area contributed by atoms with Gasteiger partial charge in [0.15, 0.2) is 0 Å². The molecule has 0 unspecified atom stereocenters. The van der Waals surface area contributed by atoms with Crippen molar-refractivity contribution in [2.24, 2.45) is 0 Å². The lowest BCUT2D eigenvalue weighted by Crippen LogP contribution is -1.98. The van der Waals surface area contributed by atoms with Gasteiger partial charge in [-0.3, -0.25) is 4.57 Å². The first-order valence-electron chi connectivity index (χ1n) is 6.41. The Hall–Kier alpha value is -2.46. The highest BCUT2D eigenvalue weighted by atomic mass is 35.5. The SMILES string of the molecule is COc1cc(-n2cncc2-c2ccc(Cl)cc2)ccc1N. The Kier molecular flexibility index (Phi) is 3.54. The summed E-state index contributed by atoms with van der Waals surface area (Å²) in [6.07, 6.45) is 3.57. The summed E-state index contributed by atoms with van der Waals surface area (Å²) in [6.45, 7) is 0. The van der Waals surface area contributed by atoms with Crippen LogP contribution in [0, 0.1) is 0 Å². The average Bonchev–Trinajstić information content (AvgIpc) is 2.98. The van der Waals surface area contributed by atoms with E-state index in [2.05, 4.69) is 4.98 Å². The number of methoxy groups -OCH3 is 1. The average molecular weight is 300 g/mol. The number of rotatable bonds is 3. The standard InChI is InChI=1S/C16H14ClN3O/c1-21-16-8-13(6-7-14(16)18)20-10-19-9-15(20)11-2-4-12(17)5-3-11/h2-10H,18H2,1H3. The third-order valence-corrected chi connectivity index (χ3v) is 3.53. The molecule has 1 aromatic heterocycles. The zero-order valence-electron chi connectivity index (χ0n) is 11.5. The summed E-state index contributed by atoms with van der Waals surface area (Å²) in [4.78, 5) is 4.23. The van der Waals surface area contributed by atoms with Crippen LogP contribution in [0.25, 0.3) is 16.9 Å². The van der Waals surface area contributed by atoms with E-state index >= 15 is 0 Å². The van der Waals surface area contributed by atoms with Gasteiger partial charge in [-0.05, 0) is 24.3 Å². The molecule has 2 N–H and O–H groups in total. The molecule has 2 aromatic carbocycles. The van der Waals surface area contributed by atoms with Gasteiger partial charge in [-0.1, -0.05) is 23.7 Å². The largest absolute Gasteiger partial charge is 0.495 e. The number of nitrogens with zero attached hydrogens (tertiary/aromatic N) is 2. The van der Waals surface area contributed by atoms with Gasteiger partial charge in [0.2, 0.25) is 0 Å². The maximum absolute atomic E-state index is 5.93. The van der Waals surface area contributed by atoms with Gasteiger partial charge < -0.3 is 10.5 Å². The number of hydrogen-bond donors (Lipinski definition) is 1. The second-order valence-electron chi connectivity index (χ2n) is 4.58. The molecule has 0 fully saturated rings. The maximum atomic E-state index is 5.93. The van der Waals surface area contributed by atoms with Crippen molar-refractivity contribution in [1.29, 1.82) is 0 Å². The summed E-state index contributed by atoms with van der Waals surface area (Å²) in [7, 11) is 1.60. The van der Waals surface area contributed by atoms with Crippen LogP contribution in [-0.4, -0.2) is 16.7 Å². The maximum Gasteiger partial charge on any atom is 0.143 e. The van der Waals surface area contributed by atoms with Crippen LogP contribution in [-0.2, 0) is 0 Å². The Balaban J connectivity index is 2.08. The third-order valence-electron chi connectivity index (χ3n) is 3.27. The van der Waals surface area contributed by atoms with Gasteiger partial charge >= 0.3 is 0 Å². The molecular weight excluding hydrogens is 286 g/mol. The van der Waals surface area contributed by atoms with Crippen molar-refractivity contribution in [1.82, 2.24) is 9.55 Å². The van der Waals surface area contributed by atoms with Gasteiger partial charge in [0.25, 0.3) is 0 Å². The van der Waals surface area contributed by atoms with E-state index in [-0.39, 0.29) is 0 Å². The molecule has 0 spiro atoms. The number of benzene rings is 2. The lowest BCUT2D eigenvalue weighted by molar-refractivity contribution is 0.417. The molecule has 106 valence electrons. The second kappa shape index (κ2) is 5.50. The van der Waals surface area contributed by atoms with Gasteiger partial charge in [-0.15, -0.1) is 0 Å². The molecule has 0 aliphatic rings. The summed E-state index contributed by atoms with van der Waals surface area (Å²) in [5.41, 5.74) is 9.40. The van der Waals surface area contributed by atoms with Crippen LogP contribution in [0.4, 0.5) is 5.69 Å². The highest BCUT2D eigenvalue weighted by Gasteiger charge is 2.09. The predicted molar refractivity (Wildman–Crippen MR) is 85.0 cm³/mol. The number of imidazole rings is 1. The number of nitrogens with two attached hydrogens (primary N) is 1. The van der Waals surface area contributed by atoms with Gasteiger partial charge in [-0.25, -0.2) is 4.98 Å². The molecule has 0 aliphatic carbocycles. The minimum atomic E-state index is 0.606. The molecule has 0 saturated heterocycles. The highest BCUT2D eigenvalue weighted by Crippen LogP contribution is 2.28. The fraction of sp³-hybridized carbons (Fsp3) is 0.0625. The van der Waals surface area contributed by atoms with Gasteiger partial charge in [0, 0.05) is 16.7 Å². The van der Waals surface area contributed by atoms with E-state index in [4.69, 9.17) is 22.1 Å². The molecule has 0 bridgehead atoms. The number of nitrogen functional groups attached to an aromatic ring is 1. The summed E-state index contributed by atoms with van der Waals surface area (Å²) < 4.78 is 7.25. The molecule has 0 amide bonds. The smallest absolute Gasteiger partial charge is 0.143 e. The fourth-order valence-corrected chi connectivity index (χ4v) is 2.31. The minimum Gasteiger partial charge on any atom is -0.495 e. The van der Waals surface area contributed by atoms with Crippen LogP contribution in [0.5, 0.6) is 5.75 Å². The van der Waals surface area contributed by atoms with E-state index < -0.39 is 0 Å². The predicted octanol–water partition coefficient (Wildman–Crippen LogP) is 3.78. The van der Waals surface area contributed by atoms with E-state index in [0.717, 1.165) is 16.9 Å². The molecule has 3 aromatic rings. The zero-order valence-corrected chi connectivity index (χ0v) is 12.2. The summed E-state index contributed by atoms with van der Waals surface area (Å²) in [5.74, 6) is 0.642. The number of anilines is 1. The molecule has 5 heteroatoms. The minimum absolute atomic E-state index is 0.606. The summed E-state index contributed by atoms with van der Waals surface area (Å²) in [6, 6.07) is 13.3. The van der Waals surface area contributed by atoms with Crippen molar-refractivity contribution in [2.45, 2.75) is 0 Å². The van der Waals surface area contributed by atoms with E-state index in [0.29, 0.717) is 16.5 Å². The molecule has 0 atom stereocenters. The number of aromatic nitrogens is 2. The van der Waals surface area contributed by atoms with Crippen LogP contribution in [0.3, 0.4) is 0 Å². The summed E-state index contributed by atoms with van der Waals surface area (Å²) >= 11 is 5.93. The van der Waals surface area contributed by atoms with E-state index in [1.165, 1.54) is 0 Å². The number of hydrogen-bond acceptors (Lipinski definition) is 3. The van der Waals surface area contributed by atoms with Crippen molar-refractivity contribution in [3.8, 4) is 22.7 Å². The Morgan fingerprint density at radius 1 is 1.14 bits per heavy atom. The van der Waals surface area contributed by atoms with Crippen molar-refractivity contribution in [3.63, 3.8) is 0 Å². The summed E-state index contributed by atoms with van der Waals surface area (Å²) in [5, 5.41) is 0.707. The highest BCUT2D eigenvalue weighted by molar-refractivity contribution is 6.30. The quantitative estimate of drug-likeness (QED) is 0.749. The molecule has 0 radical (unpaired) electrons. The molecule has 21 heavy (non-hydrogen) atoms. The molecule has 0 aliphatic heterocycles. The van der Waals surface area contributed by atoms with Crippen LogP contribution < -0.4 is 10.5 Å². The zero-order chi connectivity index (χ0) is 14.8. The van der Waals surface area contributed by atoms with Crippen LogP contribution in [0.2, 0.25) is 5.02 Å². The molecule has 0 saturated carbocycles. The van der Waals surface area contributed by atoms with E-state index in [9.17, 15) is 0 Å². The molecule has 3 rings (SSSR count). The monoisotopic (exact) mass is 299 g/mol. The van der Waals surface area contributed by atoms with Gasteiger partial charge in [0.1, 0.15) is 5.75 Å². The van der Waals surface area contributed by atoms with Crippen molar-refractivity contribution < 1.29 is 4.74 Å². The Bertz CT molecular complexity index is 765. The first-order chi connectivity index (χ1) is 10.2. The van der Waals surface area contributed by atoms with Crippen molar-refractivity contribution in [3.05, 3.63) is 60.0 Å². The second-order valence-corrected chi connectivity index (χ2v) is 5.02. The normalized spacial score (nSPS) is 10.6. The topological polar surface area (TPSA) is 53.1 Å².